The number of amides is 1. The van der Waals surface area contributed by atoms with Gasteiger partial charge in [0.2, 0.25) is 0 Å². The second-order valence-electron chi connectivity index (χ2n) is 3.79. The van der Waals surface area contributed by atoms with Crippen LogP contribution in [0.2, 0.25) is 5.02 Å². The molecule has 0 fully saturated rings. The molecule has 4 nitrogen and oxygen atoms in total. The predicted molar refractivity (Wildman–Crippen MR) is 73.6 cm³/mol. The highest BCUT2D eigenvalue weighted by molar-refractivity contribution is 9.10. The van der Waals surface area contributed by atoms with E-state index in [2.05, 4.69) is 31.2 Å². The van der Waals surface area contributed by atoms with Crippen LogP contribution < -0.4 is 5.32 Å². The Kier molecular flexibility index (Phi) is 4.04. The van der Waals surface area contributed by atoms with Gasteiger partial charge in [0.05, 0.1) is 11.6 Å². The fourth-order valence-corrected chi connectivity index (χ4v) is 2.13. The van der Waals surface area contributed by atoms with E-state index in [0.717, 1.165) is 0 Å². The van der Waals surface area contributed by atoms with Gasteiger partial charge in [-0.15, -0.1) is 0 Å². The van der Waals surface area contributed by atoms with E-state index in [9.17, 15) is 4.79 Å². The lowest BCUT2D eigenvalue weighted by atomic mass is 10.2. The van der Waals surface area contributed by atoms with Crippen LogP contribution in [0.1, 0.15) is 29.1 Å². The van der Waals surface area contributed by atoms with Gasteiger partial charge in [0.1, 0.15) is 5.82 Å². The summed E-state index contributed by atoms with van der Waals surface area (Å²) in [5.74, 6) is 0.509. The Balaban J connectivity index is 2.15. The molecule has 1 aromatic heterocycles. The van der Waals surface area contributed by atoms with Crippen LogP contribution in [-0.2, 0) is 0 Å². The Bertz CT molecular complexity index is 556. The Labute approximate surface area is 118 Å². The van der Waals surface area contributed by atoms with Crippen molar-refractivity contribution in [1.82, 2.24) is 15.3 Å². The molecule has 1 atom stereocenters. The van der Waals surface area contributed by atoms with E-state index in [1.54, 1.807) is 30.6 Å². The van der Waals surface area contributed by atoms with Gasteiger partial charge in [-0.2, -0.15) is 0 Å². The van der Waals surface area contributed by atoms with Crippen molar-refractivity contribution in [3.8, 4) is 0 Å². The van der Waals surface area contributed by atoms with Crippen molar-refractivity contribution in [2.45, 2.75) is 13.0 Å². The summed E-state index contributed by atoms with van der Waals surface area (Å²) in [4.78, 5) is 19.1. The number of hydrogen-bond donors (Lipinski definition) is 2. The highest BCUT2D eigenvalue weighted by Gasteiger charge is 2.15. The maximum absolute atomic E-state index is 12.1. The van der Waals surface area contributed by atoms with Gasteiger partial charge >= 0.3 is 0 Å². The molecule has 0 bridgehead atoms. The summed E-state index contributed by atoms with van der Waals surface area (Å²) in [6.45, 7) is 1.86. The number of nitrogens with zero attached hydrogens (tertiary/aromatic N) is 1. The summed E-state index contributed by atoms with van der Waals surface area (Å²) in [5.41, 5.74) is 0.501. The van der Waals surface area contributed by atoms with Crippen LogP contribution in [0.15, 0.2) is 35.1 Å². The molecule has 2 rings (SSSR count). The Morgan fingerprint density at radius 1 is 1.56 bits per heavy atom. The summed E-state index contributed by atoms with van der Waals surface area (Å²) in [7, 11) is 0. The van der Waals surface area contributed by atoms with E-state index < -0.39 is 0 Å². The van der Waals surface area contributed by atoms with E-state index in [1.165, 1.54) is 0 Å². The van der Waals surface area contributed by atoms with E-state index in [-0.39, 0.29) is 11.9 Å². The summed E-state index contributed by atoms with van der Waals surface area (Å²) >= 11 is 9.20. The molecule has 1 amide bonds. The van der Waals surface area contributed by atoms with Gasteiger partial charge in [0, 0.05) is 21.9 Å². The molecular formula is C12H11BrClN3O. The number of nitrogens with one attached hydrogen (secondary N) is 2. The fourth-order valence-electron chi connectivity index (χ4n) is 1.53. The van der Waals surface area contributed by atoms with E-state index >= 15 is 0 Å². The maximum Gasteiger partial charge on any atom is 0.253 e. The topological polar surface area (TPSA) is 57.8 Å². The predicted octanol–water partition coefficient (Wildman–Crippen LogP) is 3.32. The lowest BCUT2D eigenvalue weighted by molar-refractivity contribution is 0.0937. The van der Waals surface area contributed by atoms with Crippen molar-refractivity contribution >= 4 is 33.4 Å². The number of aromatic amines is 1. The van der Waals surface area contributed by atoms with Crippen LogP contribution in [0, 0.1) is 0 Å². The van der Waals surface area contributed by atoms with Crippen molar-refractivity contribution in [1.29, 1.82) is 0 Å². The molecule has 18 heavy (non-hydrogen) atoms. The number of benzene rings is 1. The maximum atomic E-state index is 12.1. The molecule has 0 aliphatic heterocycles. The smallest absolute Gasteiger partial charge is 0.253 e. The van der Waals surface area contributed by atoms with Gasteiger partial charge in [-0.25, -0.2) is 4.98 Å². The van der Waals surface area contributed by atoms with Crippen LogP contribution in [-0.4, -0.2) is 15.9 Å². The minimum atomic E-state index is -0.201. The van der Waals surface area contributed by atoms with Crippen molar-refractivity contribution in [3.05, 3.63) is 51.5 Å². The van der Waals surface area contributed by atoms with Crippen molar-refractivity contribution in [2.24, 2.45) is 0 Å². The monoisotopic (exact) mass is 327 g/mol. The second kappa shape index (κ2) is 5.54. The van der Waals surface area contributed by atoms with Crippen LogP contribution in [0.5, 0.6) is 0 Å². The molecule has 0 radical (unpaired) electrons. The Morgan fingerprint density at radius 3 is 3.00 bits per heavy atom. The summed E-state index contributed by atoms with van der Waals surface area (Å²) in [5, 5.41) is 3.37. The molecule has 0 spiro atoms. The first kappa shape index (κ1) is 13.1. The Morgan fingerprint density at radius 2 is 2.33 bits per heavy atom. The normalized spacial score (nSPS) is 12.2. The zero-order valence-corrected chi connectivity index (χ0v) is 11.9. The number of aromatic nitrogens is 2. The number of carbonyl (C=O) groups is 1. The highest BCUT2D eigenvalue weighted by atomic mass is 79.9. The molecular weight excluding hydrogens is 318 g/mol. The fraction of sp³-hybridized carbons (Fsp3) is 0.167. The first-order chi connectivity index (χ1) is 8.58. The van der Waals surface area contributed by atoms with Crippen molar-refractivity contribution in [2.75, 3.05) is 0 Å². The molecule has 6 heteroatoms. The van der Waals surface area contributed by atoms with Crippen LogP contribution in [0.25, 0.3) is 0 Å². The second-order valence-corrected chi connectivity index (χ2v) is 5.08. The van der Waals surface area contributed by atoms with Gasteiger partial charge in [0.15, 0.2) is 0 Å². The summed E-state index contributed by atoms with van der Waals surface area (Å²) in [6.07, 6.45) is 3.36. The third kappa shape index (κ3) is 2.91. The lowest BCUT2D eigenvalue weighted by Crippen LogP contribution is -2.27. The zero-order valence-electron chi connectivity index (χ0n) is 9.58. The molecule has 0 aliphatic carbocycles. The zero-order chi connectivity index (χ0) is 13.1. The third-order valence-electron chi connectivity index (χ3n) is 2.45. The minimum absolute atomic E-state index is 0.196. The molecule has 0 saturated heterocycles. The standard InChI is InChI=1S/C12H11BrClN3O/c1-7(11-15-4-5-16-11)17-12(18)9-6-8(14)2-3-10(9)13/h2-7H,1H3,(H,15,16)(H,17,18). The van der Waals surface area contributed by atoms with E-state index in [0.29, 0.717) is 20.9 Å². The van der Waals surface area contributed by atoms with Crippen molar-refractivity contribution in [3.63, 3.8) is 0 Å². The SMILES string of the molecule is CC(NC(=O)c1cc(Cl)ccc1Br)c1ncc[nH]1. The summed E-state index contributed by atoms with van der Waals surface area (Å²) < 4.78 is 0.705. The number of rotatable bonds is 3. The first-order valence-electron chi connectivity index (χ1n) is 5.33. The molecule has 1 unspecified atom stereocenters. The third-order valence-corrected chi connectivity index (χ3v) is 3.38. The molecule has 1 heterocycles. The van der Waals surface area contributed by atoms with Crippen molar-refractivity contribution < 1.29 is 4.79 Å². The Hall–Kier alpha value is -1.33. The van der Waals surface area contributed by atoms with Gasteiger partial charge in [-0.3, -0.25) is 4.79 Å². The highest BCUT2D eigenvalue weighted by Crippen LogP contribution is 2.21. The molecule has 0 saturated carbocycles. The molecule has 1 aromatic carbocycles. The van der Waals surface area contributed by atoms with Gasteiger partial charge in [-0.1, -0.05) is 11.6 Å². The lowest BCUT2D eigenvalue weighted by Gasteiger charge is -2.12. The van der Waals surface area contributed by atoms with Gasteiger partial charge in [-0.05, 0) is 41.1 Å². The van der Waals surface area contributed by atoms with Crippen LogP contribution in [0.4, 0.5) is 0 Å². The minimum Gasteiger partial charge on any atom is -0.347 e. The van der Waals surface area contributed by atoms with Gasteiger partial charge < -0.3 is 10.3 Å². The summed E-state index contributed by atoms with van der Waals surface area (Å²) in [6, 6.07) is 4.89. The number of hydrogen-bond acceptors (Lipinski definition) is 2. The van der Waals surface area contributed by atoms with Crippen LogP contribution >= 0.6 is 27.5 Å². The number of carbonyl (C=O) groups excluding carboxylic acids is 1. The van der Waals surface area contributed by atoms with Gasteiger partial charge in [0.25, 0.3) is 5.91 Å². The largest absolute Gasteiger partial charge is 0.347 e. The number of halogens is 2. The average Bonchev–Trinajstić information content (AvgIpc) is 2.85. The first-order valence-corrected chi connectivity index (χ1v) is 6.50. The molecule has 2 N–H and O–H groups in total. The van der Waals surface area contributed by atoms with E-state index in [4.69, 9.17) is 11.6 Å². The molecule has 94 valence electrons. The van der Waals surface area contributed by atoms with Crippen LogP contribution in [0.3, 0.4) is 0 Å². The number of H-pyrrole nitrogens is 1. The number of imidazole rings is 1. The quantitative estimate of drug-likeness (QED) is 0.908. The average molecular weight is 329 g/mol. The molecule has 0 aliphatic rings. The molecule has 2 aromatic rings. The van der Waals surface area contributed by atoms with E-state index in [1.807, 2.05) is 6.92 Å².